The summed E-state index contributed by atoms with van der Waals surface area (Å²) in [5, 5.41) is 3.20. The molecule has 1 aliphatic carbocycles. The van der Waals surface area contributed by atoms with Gasteiger partial charge in [0.15, 0.2) is 5.78 Å². The Bertz CT molecular complexity index is 924. The Balaban J connectivity index is 2.08. The van der Waals surface area contributed by atoms with Crippen molar-refractivity contribution in [3.05, 3.63) is 46.2 Å². The molecule has 0 bridgehead atoms. The van der Waals surface area contributed by atoms with Crippen LogP contribution in [0.25, 0.3) is 0 Å². The lowest BCUT2D eigenvalue weighted by Gasteiger charge is -2.37. The lowest BCUT2D eigenvalue weighted by Crippen LogP contribution is -2.43. The Morgan fingerprint density at radius 3 is 2.53 bits per heavy atom. The van der Waals surface area contributed by atoms with Gasteiger partial charge in [-0.3, -0.25) is 9.59 Å². The third-order valence-electron chi connectivity index (χ3n) is 5.53. The predicted molar refractivity (Wildman–Crippen MR) is 106 cm³/mol. The van der Waals surface area contributed by atoms with Crippen molar-refractivity contribution in [2.24, 2.45) is 11.8 Å². The molecule has 0 aromatic carbocycles. The zero-order valence-corrected chi connectivity index (χ0v) is 17.9. The number of carbonyl (C=O) groups is 3. The van der Waals surface area contributed by atoms with Gasteiger partial charge in [0.05, 0.1) is 25.2 Å². The Morgan fingerprint density at radius 1 is 1.20 bits per heavy atom. The molecule has 0 saturated heterocycles. The molecule has 0 unspecified atom stereocenters. The minimum absolute atomic E-state index is 0.0810. The van der Waals surface area contributed by atoms with Gasteiger partial charge in [0.1, 0.15) is 24.0 Å². The van der Waals surface area contributed by atoms with Crippen LogP contribution < -0.4 is 5.32 Å². The average molecular weight is 417 g/mol. The van der Waals surface area contributed by atoms with Crippen LogP contribution in [0.2, 0.25) is 0 Å². The second-order valence-corrected chi connectivity index (χ2v) is 7.61. The summed E-state index contributed by atoms with van der Waals surface area (Å²) < 4.78 is 21.0. The number of ether oxygens (including phenoxy) is 3. The van der Waals surface area contributed by atoms with E-state index in [9.17, 15) is 14.4 Å². The molecule has 0 saturated carbocycles. The summed E-state index contributed by atoms with van der Waals surface area (Å²) in [5.74, 6) is -2.35. The fourth-order valence-electron chi connectivity index (χ4n) is 4.14. The molecule has 3 rings (SSSR count). The summed E-state index contributed by atoms with van der Waals surface area (Å²) in [6, 6.07) is 3.51. The summed E-state index contributed by atoms with van der Waals surface area (Å²) in [5.41, 5.74) is 1.91. The minimum atomic E-state index is -0.932. The quantitative estimate of drug-likeness (QED) is 0.427. The van der Waals surface area contributed by atoms with Crippen molar-refractivity contribution in [2.75, 3.05) is 27.4 Å². The van der Waals surface area contributed by atoms with Gasteiger partial charge in [0.2, 0.25) is 0 Å². The molecule has 0 fully saturated rings. The third kappa shape index (κ3) is 3.92. The maximum atomic E-state index is 13.5. The number of methoxy groups -OCH3 is 2. The normalized spacial score (nSPS) is 23.8. The fraction of sp³-hybridized carbons (Fsp3) is 0.500. The average Bonchev–Trinajstić information content (AvgIpc) is 3.12. The van der Waals surface area contributed by atoms with E-state index in [1.807, 2.05) is 6.92 Å². The van der Waals surface area contributed by atoms with Gasteiger partial charge in [0.25, 0.3) is 0 Å². The lowest BCUT2D eigenvalue weighted by atomic mass is 9.70. The van der Waals surface area contributed by atoms with Gasteiger partial charge in [-0.2, -0.15) is 0 Å². The van der Waals surface area contributed by atoms with E-state index in [2.05, 4.69) is 5.32 Å². The molecule has 2 heterocycles. The maximum Gasteiger partial charge on any atom is 0.336 e. The highest BCUT2D eigenvalue weighted by molar-refractivity contribution is 6.12. The monoisotopic (exact) mass is 417 g/mol. The van der Waals surface area contributed by atoms with Crippen LogP contribution in [0.5, 0.6) is 0 Å². The largest absolute Gasteiger partial charge is 0.468 e. The molecular weight excluding hydrogens is 390 g/mol. The molecule has 2 aliphatic rings. The molecule has 1 aromatic heterocycles. The Kier molecular flexibility index (Phi) is 6.45. The van der Waals surface area contributed by atoms with Crippen LogP contribution in [0, 0.1) is 18.8 Å². The molecule has 162 valence electrons. The van der Waals surface area contributed by atoms with Crippen molar-refractivity contribution in [3.8, 4) is 0 Å². The van der Waals surface area contributed by atoms with Crippen LogP contribution in [0.3, 0.4) is 0 Å². The number of aryl methyl sites for hydroxylation is 1. The molecule has 0 amide bonds. The van der Waals surface area contributed by atoms with Crippen molar-refractivity contribution in [2.45, 2.75) is 33.1 Å². The van der Waals surface area contributed by atoms with E-state index in [0.29, 0.717) is 34.9 Å². The number of hydrogen-bond donors (Lipinski definition) is 1. The number of dihydropyridines is 1. The molecule has 1 aliphatic heterocycles. The number of rotatable bonds is 6. The van der Waals surface area contributed by atoms with Gasteiger partial charge in [-0.1, -0.05) is 6.92 Å². The summed E-state index contributed by atoms with van der Waals surface area (Å²) in [6.07, 6.45) is 0.473. The summed E-state index contributed by atoms with van der Waals surface area (Å²) >= 11 is 0. The van der Waals surface area contributed by atoms with Crippen LogP contribution in [0.1, 0.15) is 37.7 Å². The first kappa shape index (κ1) is 21.8. The fourth-order valence-corrected chi connectivity index (χ4v) is 4.14. The van der Waals surface area contributed by atoms with Gasteiger partial charge >= 0.3 is 11.9 Å². The highest BCUT2D eigenvalue weighted by Crippen LogP contribution is 2.45. The smallest absolute Gasteiger partial charge is 0.336 e. The Hall–Kier alpha value is -2.87. The van der Waals surface area contributed by atoms with E-state index in [1.165, 1.54) is 14.2 Å². The molecular formula is C22H27NO7. The van der Waals surface area contributed by atoms with Gasteiger partial charge in [-0.05, 0) is 38.3 Å². The van der Waals surface area contributed by atoms with Gasteiger partial charge in [-0.15, -0.1) is 0 Å². The third-order valence-corrected chi connectivity index (χ3v) is 5.53. The number of ketones is 1. The molecule has 3 atom stereocenters. The zero-order chi connectivity index (χ0) is 22.0. The first-order chi connectivity index (χ1) is 14.3. The number of Topliss-reactive ketones (excluding diaryl/α,β-unsaturated/α-hetero) is 1. The predicted octanol–water partition coefficient (Wildman–Crippen LogP) is 2.39. The van der Waals surface area contributed by atoms with Crippen molar-refractivity contribution >= 4 is 17.7 Å². The summed E-state index contributed by atoms with van der Waals surface area (Å²) in [4.78, 5) is 38.7. The maximum absolute atomic E-state index is 13.5. The van der Waals surface area contributed by atoms with Crippen molar-refractivity contribution in [1.82, 2.24) is 5.32 Å². The van der Waals surface area contributed by atoms with E-state index in [0.717, 1.165) is 0 Å². The second kappa shape index (κ2) is 8.87. The topological polar surface area (TPSA) is 104 Å². The zero-order valence-electron chi connectivity index (χ0n) is 17.9. The molecule has 30 heavy (non-hydrogen) atoms. The van der Waals surface area contributed by atoms with Crippen molar-refractivity contribution < 1.29 is 33.0 Å². The SMILES string of the molecule is COCCOC(=O)C1=C(C)NC2=C(C(=O)[C@H](C(=O)OC)[C@H](C)C2)[C@H]1c1ccc(C)o1. The summed E-state index contributed by atoms with van der Waals surface area (Å²) in [6.45, 7) is 5.73. The number of allylic oxidation sites excluding steroid dienone is 3. The van der Waals surface area contributed by atoms with Crippen LogP contribution in [-0.4, -0.2) is 45.2 Å². The van der Waals surface area contributed by atoms with Gasteiger partial charge in [0, 0.05) is 24.1 Å². The number of carbonyl (C=O) groups excluding carboxylic acids is 3. The molecule has 0 radical (unpaired) electrons. The van der Waals surface area contributed by atoms with Crippen molar-refractivity contribution in [3.63, 3.8) is 0 Å². The van der Waals surface area contributed by atoms with Crippen LogP contribution in [0.15, 0.2) is 39.1 Å². The van der Waals surface area contributed by atoms with E-state index < -0.39 is 23.8 Å². The van der Waals surface area contributed by atoms with Crippen molar-refractivity contribution in [1.29, 1.82) is 0 Å². The molecule has 8 heteroatoms. The number of furan rings is 1. The highest BCUT2D eigenvalue weighted by atomic mass is 16.6. The van der Waals surface area contributed by atoms with Crippen LogP contribution >= 0.6 is 0 Å². The first-order valence-corrected chi connectivity index (χ1v) is 9.85. The Morgan fingerprint density at radius 2 is 1.93 bits per heavy atom. The molecule has 0 spiro atoms. The van der Waals surface area contributed by atoms with Crippen LogP contribution in [0.4, 0.5) is 0 Å². The second-order valence-electron chi connectivity index (χ2n) is 7.61. The van der Waals surface area contributed by atoms with Gasteiger partial charge < -0.3 is 23.9 Å². The first-order valence-electron chi connectivity index (χ1n) is 9.85. The van der Waals surface area contributed by atoms with Crippen LogP contribution in [-0.2, 0) is 28.6 Å². The molecule has 1 aromatic rings. The highest BCUT2D eigenvalue weighted by Gasteiger charge is 2.48. The standard InChI is InChI=1S/C22H27NO7/c1-11-10-14-18(20(24)16(11)21(25)28-5)19(15-7-6-12(2)30-15)17(13(3)23-14)22(26)29-9-8-27-4/h6-7,11,16,19,23H,8-10H2,1-5H3/t11-,16-,19+/m1/s1. The van der Waals surface area contributed by atoms with Gasteiger partial charge in [-0.25, -0.2) is 4.79 Å². The Labute approximate surface area is 175 Å². The number of nitrogens with one attached hydrogen (secondary N) is 1. The van der Waals surface area contributed by atoms with E-state index in [-0.39, 0.29) is 30.5 Å². The van der Waals surface area contributed by atoms with E-state index in [4.69, 9.17) is 18.6 Å². The molecule has 1 N–H and O–H groups in total. The summed E-state index contributed by atoms with van der Waals surface area (Å²) in [7, 11) is 2.78. The lowest BCUT2D eigenvalue weighted by molar-refractivity contribution is -0.151. The molecule has 8 nitrogen and oxygen atoms in total. The minimum Gasteiger partial charge on any atom is -0.468 e. The number of hydrogen-bond acceptors (Lipinski definition) is 8. The van der Waals surface area contributed by atoms with E-state index >= 15 is 0 Å². The van der Waals surface area contributed by atoms with E-state index in [1.54, 1.807) is 26.0 Å². The number of esters is 2.